The standard InChI is InChI=1S/C21H23ClN2O6S/c1-15(20(25)29-2)30-21(26)18-14-17(8-9-19(18)22)31(27,28)24-12-10-23(11-13-24)16-6-4-3-5-7-16/h3-9,14-15H,10-13H2,1-2H3. The maximum Gasteiger partial charge on any atom is 0.346 e. The van der Waals surface area contributed by atoms with Gasteiger partial charge in [0.2, 0.25) is 10.0 Å². The lowest BCUT2D eigenvalue weighted by Crippen LogP contribution is -2.48. The van der Waals surface area contributed by atoms with Crippen LogP contribution in [0.25, 0.3) is 0 Å². The van der Waals surface area contributed by atoms with Gasteiger partial charge in [0, 0.05) is 31.9 Å². The van der Waals surface area contributed by atoms with Crippen LogP contribution in [0.4, 0.5) is 5.69 Å². The summed E-state index contributed by atoms with van der Waals surface area (Å²) < 4.78 is 37.2. The van der Waals surface area contributed by atoms with Crippen LogP contribution in [0.15, 0.2) is 53.4 Å². The SMILES string of the molecule is COC(=O)C(C)OC(=O)c1cc(S(=O)(=O)N2CCN(c3ccccc3)CC2)ccc1Cl. The molecule has 1 atom stereocenters. The van der Waals surface area contributed by atoms with E-state index in [0.717, 1.165) is 5.69 Å². The van der Waals surface area contributed by atoms with E-state index in [1.807, 2.05) is 30.3 Å². The van der Waals surface area contributed by atoms with Gasteiger partial charge in [-0.1, -0.05) is 29.8 Å². The summed E-state index contributed by atoms with van der Waals surface area (Å²) >= 11 is 6.08. The molecule has 166 valence electrons. The van der Waals surface area contributed by atoms with Crippen LogP contribution in [-0.2, 0) is 24.3 Å². The smallest absolute Gasteiger partial charge is 0.346 e. The third kappa shape index (κ3) is 5.17. The highest BCUT2D eigenvalue weighted by molar-refractivity contribution is 7.89. The minimum absolute atomic E-state index is 0.0231. The third-order valence-electron chi connectivity index (χ3n) is 4.97. The highest BCUT2D eigenvalue weighted by Gasteiger charge is 2.30. The molecule has 1 aliphatic rings. The number of halogens is 1. The average molecular weight is 467 g/mol. The number of benzene rings is 2. The number of piperazine rings is 1. The molecule has 31 heavy (non-hydrogen) atoms. The second-order valence-corrected chi connectivity index (χ2v) is 9.28. The Balaban J connectivity index is 1.75. The van der Waals surface area contributed by atoms with Crippen LogP contribution in [0, 0.1) is 0 Å². The van der Waals surface area contributed by atoms with Crippen molar-refractivity contribution in [3.05, 3.63) is 59.1 Å². The Morgan fingerprint density at radius 1 is 1.03 bits per heavy atom. The normalized spacial score (nSPS) is 15.9. The number of hydrogen-bond donors (Lipinski definition) is 0. The van der Waals surface area contributed by atoms with Crippen molar-refractivity contribution in [2.45, 2.75) is 17.9 Å². The first-order chi connectivity index (χ1) is 14.7. The van der Waals surface area contributed by atoms with Crippen molar-refractivity contribution >= 4 is 39.3 Å². The van der Waals surface area contributed by atoms with E-state index in [0.29, 0.717) is 26.2 Å². The molecule has 0 saturated carbocycles. The molecule has 0 spiro atoms. The molecule has 2 aromatic carbocycles. The lowest BCUT2D eigenvalue weighted by molar-refractivity contribution is -0.149. The monoisotopic (exact) mass is 466 g/mol. The van der Waals surface area contributed by atoms with E-state index in [9.17, 15) is 18.0 Å². The second kappa shape index (κ2) is 9.67. The zero-order valence-electron chi connectivity index (χ0n) is 17.2. The number of nitrogens with zero attached hydrogens (tertiary/aromatic N) is 2. The Bertz CT molecular complexity index is 1050. The summed E-state index contributed by atoms with van der Waals surface area (Å²) in [4.78, 5) is 26.0. The number of anilines is 1. The summed E-state index contributed by atoms with van der Waals surface area (Å²) in [5.74, 6) is -1.64. The van der Waals surface area contributed by atoms with Crippen molar-refractivity contribution < 1.29 is 27.5 Å². The van der Waals surface area contributed by atoms with E-state index in [1.54, 1.807) is 0 Å². The molecular formula is C21H23ClN2O6S. The molecule has 0 bridgehead atoms. The van der Waals surface area contributed by atoms with E-state index >= 15 is 0 Å². The number of para-hydroxylation sites is 1. The number of methoxy groups -OCH3 is 1. The average Bonchev–Trinajstić information content (AvgIpc) is 2.79. The van der Waals surface area contributed by atoms with Crippen LogP contribution >= 0.6 is 11.6 Å². The van der Waals surface area contributed by atoms with Gasteiger partial charge < -0.3 is 14.4 Å². The number of sulfonamides is 1. The van der Waals surface area contributed by atoms with Crippen LogP contribution in [-0.4, -0.2) is 64.1 Å². The van der Waals surface area contributed by atoms with Crippen LogP contribution < -0.4 is 4.90 Å². The van der Waals surface area contributed by atoms with Crippen LogP contribution in [0.5, 0.6) is 0 Å². The van der Waals surface area contributed by atoms with Crippen LogP contribution in [0.2, 0.25) is 5.02 Å². The fraction of sp³-hybridized carbons (Fsp3) is 0.333. The first kappa shape index (κ1) is 23.1. The number of carbonyl (C=O) groups excluding carboxylic acids is 2. The quantitative estimate of drug-likeness (QED) is 0.604. The van der Waals surface area contributed by atoms with Gasteiger partial charge in [0.25, 0.3) is 0 Å². The molecule has 0 amide bonds. The molecule has 3 rings (SSSR count). The summed E-state index contributed by atoms with van der Waals surface area (Å²) in [5, 5.41) is 0.0231. The van der Waals surface area contributed by atoms with Gasteiger partial charge in [-0.25, -0.2) is 18.0 Å². The summed E-state index contributed by atoms with van der Waals surface area (Å²) in [5.41, 5.74) is 0.900. The van der Waals surface area contributed by atoms with Crippen molar-refractivity contribution in [2.24, 2.45) is 0 Å². The van der Waals surface area contributed by atoms with Crippen molar-refractivity contribution in [2.75, 3.05) is 38.2 Å². The van der Waals surface area contributed by atoms with Gasteiger partial charge in [-0.15, -0.1) is 0 Å². The fourth-order valence-electron chi connectivity index (χ4n) is 3.23. The summed E-state index contributed by atoms with van der Waals surface area (Å²) in [6.07, 6.45) is -1.15. The van der Waals surface area contributed by atoms with Crippen molar-refractivity contribution in [3.63, 3.8) is 0 Å². The predicted molar refractivity (Wildman–Crippen MR) is 116 cm³/mol. The molecule has 10 heteroatoms. The van der Waals surface area contributed by atoms with Crippen molar-refractivity contribution in [1.29, 1.82) is 0 Å². The predicted octanol–water partition coefficient (Wildman–Crippen LogP) is 2.57. The van der Waals surface area contributed by atoms with Gasteiger partial charge >= 0.3 is 11.9 Å². The maximum atomic E-state index is 13.1. The third-order valence-corrected chi connectivity index (χ3v) is 7.20. The highest BCUT2D eigenvalue weighted by atomic mass is 35.5. The lowest BCUT2D eigenvalue weighted by atomic mass is 10.2. The molecule has 8 nitrogen and oxygen atoms in total. The Kier molecular flexibility index (Phi) is 7.19. The van der Waals surface area contributed by atoms with Gasteiger partial charge in [-0.2, -0.15) is 4.31 Å². The largest absolute Gasteiger partial charge is 0.466 e. The highest BCUT2D eigenvalue weighted by Crippen LogP contribution is 2.26. The Morgan fingerprint density at radius 2 is 1.68 bits per heavy atom. The molecule has 1 saturated heterocycles. The van der Waals surface area contributed by atoms with Gasteiger partial charge in [0.15, 0.2) is 6.10 Å². The van der Waals surface area contributed by atoms with Gasteiger partial charge in [-0.05, 0) is 37.3 Å². The van der Waals surface area contributed by atoms with Crippen molar-refractivity contribution in [1.82, 2.24) is 4.31 Å². The van der Waals surface area contributed by atoms with E-state index < -0.39 is 28.1 Å². The molecule has 1 unspecified atom stereocenters. The zero-order valence-corrected chi connectivity index (χ0v) is 18.7. The number of rotatable bonds is 6. The van der Waals surface area contributed by atoms with Crippen molar-refractivity contribution in [3.8, 4) is 0 Å². The zero-order chi connectivity index (χ0) is 22.6. The first-order valence-electron chi connectivity index (χ1n) is 9.62. The van der Waals surface area contributed by atoms with Gasteiger partial charge in [0.1, 0.15) is 0 Å². The molecule has 0 aliphatic carbocycles. The molecule has 1 aliphatic heterocycles. The van der Waals surface area contributed by atoms with Gasteiger partial charge in [0.05, 0.1) is 22.6 Å². The molecule has 0 radical (unpaired) electrons. The lowest BCUT2D eigenvalue weighted by Gasteiger charge is -2.35. The number of esters is 2. The number of ether oxygens (including phenoxy) is 2. The Morgan fingerprint density at radius 3 is 2.29 bits per heavy atom. The molecule has 2 aromatic rings. The van der Waals surface area contributed by atoms with E-state index in [-0.39, 0.29) is 15.5 Å². The van der Waals surface area contributed by atoms with E-state index in [4.69, 9.17) is 16.3 Å². The fourth-order valence-corrected chi connectivity index (χ4v) is 4.88. The topological polar surface area (TPSA) is 93.2 Å². The Labute approximate surface area is 186 Å². The second-order valence-electron chi connectivity index (χ2n) is 6.94. The van der Waals surface area contributed by atoms with Crippen LogP contribution in [0.1, 0.15) is 17.3 Å². The Hall–Kier alpha value is -2.62. The summed E-state index contributed by atoms with van der Waals surface area (Å²) in [6.45, 7) is 3.05. The minimum Gasteiger partial charge on any atom is -0.466 e. The first-order valence-corrected chi connectivity index (χ1v) is 11.4. The van der Waals surface area contributed by atoms with E-state index in [2.05, 4.69) is 9.64 Å². The number of hydrogen-bond acceptors (Lipinski definition) is 7. The summed E-state index contributed by atoms with van der Waals surface area (Å²) in [7, 11) is -2.67. The molecular weight excluding hydrogens is 444 g/mol. The van der Waals surface area contributed by atoms with E-state index in [1.165, 1.54) is 36.5 Å². The number of carbonyl (C=O) groups is 2. The van der Waals surface area contributed by atoms with Gasteiger partial charge in [-0.3, -0.25) is 0 Å². The molecule has 0 aromatic heterocycles. The molecule has 0 N–H and O–H groups in total. The maximum absolute atomic E-state index is 13.1. The minimum atomic E-state index is -3.84. The van der Waals surface area contributed by atoms with Crippen LogP contribution in [0.3, 0.4) is 0 Å². The molecule has 1 heterocycles. The molecule has 1 fully saturated rings. The summed E-state index contributed by atoms with van der Waals surface area (Å²) in [6, 6.07) is 13.6.